The Bertz CT molecular complexity index is 40.3. The molecule has 0 saturated heterocycles. The summed E-state index contributed by atoms with van der Waals surface area (Å²) in [5.41, 5.74) is 0. The van der Waals surface area contributed by atoms with Crippen LogP contribution in [0.2, 0.25) is 0 Å². The van der Waals surface area contributed by atoms with Crippen LogP contribution in [0.1, 0.15) is 2.85 Å². The molecule has 0 spiro atoms. The van der Waals surface area contributed by atoms with Crippen molar-refractivity contribution in [3.8, 4) is 0 Å². The number of rotatable bonds is 0. The molecule has 0 N–H and O–H groups in total. The van der Waals surface area contributed by atoms with Crippen molar-refractivity contribution in [2.24, 2.45) is 0 Å². The van der Waals surface area contributed by atoms with Crippen LogP contribution in [0.4, 0.5) is 0 Å². The molecule has 0 aromatic heterocycles. The van der Waals surface area contributed by atoms with Crippen LogP contribution in [0.25, 0.3) is 0 Å². The molecule has 0 fully saturated rings. The van der Waals surface area contributed by atoms with Crippen molar-refractivity contribution in [1.82, 2.24) is 0 Å². The molecular weight excluding hydrogens is 273 g/mol. The molecule has 0 aliphatic rings. The van der Waals surface area contributed by atoms with Crippen molar-refractivity contribution < 1.29 is 32.2 Å². The molecule has 0 saturated carbocycles. The van der Waals surface area contributed by atoms with Crippen molar-refractivity contribution in [3.05, 3.63) is 0 Å². The average molecular weight is 275 g/mol. The summed E-state index contributed by atoms with van der Waals surface area (Å²) in [6, 6.07) is 0. The number of hydrogen-bond donors (Lipinski definition) is 0. The predicted octanol–water partition coefficient (Wildman–Crippen LogP) is -3.04. The zero-order chi connectivity index (χ0) is 3.58. The van der Waals surface area contributed by atoms with Crippen molar-refractivity contribution in [2.75, 3.05) is 0 Å². The third-order valence-electron chi connectivity index (χ3n) is 0. The molecule has 6 heavy (non-hydrogen) atoms. The molecule has 3 nitrogen and oxygen atoms in total. The summed E-state index contributed by atoms with van der Waals surface area (Å²) in [6.07, 6.45) is 0. The van der Waals surface area contributed by atoms with Gasteiger partial charge in [-0.3, -0.25) is 0 Å². The van der Waals surface area contributed by atoms with E-state index in [1.54, 1.807) is 0 Å². The van der Waals surface area contributed by atoms with E-state index in [1.807, 2.05) is 0 Å². The second-order valence-electron chi connectivity index (χ2n) is 0.250. The normalized spacial score (nSPS) is 4.33. The van der Waals surface area contributed by atoms with E-state index >= 15 is 0 Å². The van der Waals surface area contributed by atoms with Gasteiger partial charge in [0.1, 0.15) is 0 Å². The molecule has 0 amide bonds. The first-order chi connectivity index (χ1) is 1.73. The first-order valence-corrected chi connectivity index (χ1v) is 2.52. The van der Waals surface area contributed by atoms with Gasteiger partial charge in [-0.25, -0.2) is 0 Å². The average Bonchev–Trinajstić information content (AvgIpc) is 0.811. The second kappa shape index (κ2) is 11.1. The minimum absolute atomic E-state index is 0. The van der Waals surface area contributed by atoms with Crippen molar-refractivity contribution >= 4 is 86.6 Å². The van der Waals surface area contributed by atoms with Gasteiger partial charge in [0.2, 0.25) is 0 Å². The van der Waals surface area contributed by atoms with Crippen LogP contribution in [-0.4, -0.2) is 86.6 Å². The molecule has 0 radical (unpaired) electrons. The fourth-order valence-corrected chi connectivity index (χ4v) is 0. The van der Waals surface area contributed by atoms with Crippen molar-refractivity contribution in [1.29, 1.82) is 0 Å². The van der Waals surface area contributed by atoms with E-state index in [0.29, 0.717) is 0 Å². The molecule has 6 heteroatoms. The fraction of sp³-hybridized carbons (Fsp3) is 0. The number of hydrogen-bond acceptors (Lipinski definition) is 3. The molecule has 0 atom stereocenters. The summed E-state index contributed by atoms with van der Waals surface area (Å²) in [5, 5.41) is 0. The van der Waals surface area contributed by atoms with Crippen molar-refractivity contribution in [2.45, 2.75) is 0 Å². The SMILES string of the molecule is [Ba+2].[Ca+2].[H-].[H-].[O]=[Ti]([O-])[O-]. The summed E-state index contributed by atoms with van der Waals surface area (Å²) in [7, 11) is 0. The molecule has 0 aromatic carbocycles. The van der Waals surface area contributed by atoms with E-state index in [4.69, 9.17) is 10.7 Å². The summed E-state index contributed by atoms with van der Waals surface area (Å²) < 4.78 is 25.8. The molecule has 0 aromatic rings. The van der Waals surface area contributed by atoms with Gasteiger partial charge >= 0.3 is 116 Å². The second-order valence-corrected chi connectivity index (χ2v) is 1.03. The van der Waals surface area contributed by atoms with E-state index in [2.05, 4.69) is 0 Å². The van der Waals surface area contributed by atoms with Gasteiger partial charge in [-0.2, -0.15) is 0 Å². The zero-order valence-electron chi connectivity index (χ0n) is 5.14. The van der Waals surface area contributed by atoms with Gasteiger partial charge in [0.05, 0.1) is 0 Å². The minimum atomic E-state index is -4.08. The van der Waals surface area contributed by atoms with Gasteiger partial charge in [-0.05, 0) is 0 Å². The van der Waals surface area contributed by atoms with E-state index in [9.17, 15) is 0 Å². The van der Waals surface area contributed by atoms with Gasteiger partial charge in [-0.15, -0.1) is 0 Å². The van der Waals surface area contributed by atoms with Crippen molar-refractivity contribution in [3.63, 3.8) is 0 Å². The van der Waals surface area contributed by atoms with Gasteiger partial charge in [-0.1, -0.05) is 0 Å². The van der Waals surface area contributed by atoms with Crippen LogP contribution in [0, 0.1) is 0 Å². The first-order valence-electron chi connectivity index (χ1n) is 0.612. The molecule has 0 unspecified atom stereocenters. The van der Waals surface area contributed by atoms with E-state index in [1.165, 1.54) is 0 Å². The Morgan fingerprint density at radius 1 is 1.50 bits per heavy atom. The topological polar surface area (TPSA) is 63.2 Å². The Morgan fingerprint density at radius 2 is 1.50 bits per heavy atom. The van der Waals surface area contributed by atoms with Crippen LogP contribution >= 0.6 is 0 Å². The molecule has 0 bridgehead atoms. The molecule has 0 rings (SSSR count). The summed E-state index contributed by atoms with van der Waals surface area (Å²) >= 11 is -4.08. The molecule has 0 aliphatic carbocycles. The summed E-state index contributed by atoms with van der Waals surface area (Å²) in [5.74, 6) is 0. The molecule has 28 valence electrons. The maximum absolute atomic E-state index is 8.58. The third-order valence-corrected chi connectivity index (χ3v) is 0. The molecule has 0 aliphatic heterocycles. The Kier molecular flexibility index (Phi) is 29.9. The third kappa shape index (κ3) is 26.7. The zero-order valence-corrected chi connectivity index (χ0v) is 11.3. The molecule has 0 heterocycles. The Balaban J connectivity index is -0.00000000750. The predicted molar refractivity (Wildman–Crippen MR) is 14.4 cm³/mol. The van der Waals surface area contributed by atoms with Crippen LogP contribution < -0.4 is 7.38 Å². The van der Waals surface area contributed by atoms with E-state index < -0.39 is 18.6 Å². The van der Waals surface area contributed by atoms with E-state index in [-0.39, 0.29) is 89.5 Å². The van der Waals surface area contributed by atoms with Gasteiger partial charge in [0.25, 0.3) is 0 Å². The Hall–Kier alpha value is 3.27. The van der Waals surface area contributed by atoms with Crippen LogP contribution in [0.3, 0.4) is 0 Å². The Labute approximate surface area is 116 Å². The molecular formula is H2BaCaO3Ti. The Morgan fingerprint density at radius 3 is 1.50 bits per heavy atom. The van der Waals surface area contributed by atoms with Crippen LogP contribution in [0.5, 0.6) is 0 Å². The summed E-state index contributed by atoms with van der Waals surface area (Å²) in [6.45, 7) is 0. The van der Waals surface area contributed by atoms with Crippen LogP contribution in [-0.2, 0) is 21.9 Å². The van der Waals surface area contributed by atoms with E-state index in [0.717, 1.165) is 0 Å². The fourth-order valence-electron chi connectivity index (χ4n) is 0. The quantitative estimate of drug-likeness (QED) is 0.442. The van der Waals surface area contributed by atoms with Crippen LogP contribution in [0.15, 0.2) is 0 Å². The van der Waals surface area contributed by atoms with Gasteiger partial charge < -0.3 is 2.85 Å². The standard InChI is InChI=1S/Ba.Ca.3O.Ti.2H/q2*+2;;2*-1;;2*-1. The first kappa shape index (κ1) is 16.1. The maximum atomic E-state index is 8.58. The summed E-state index contributed by atoms with van der Waals surface area (Å²) in [4.78, 5) is 0. The van der Waals surface area contributed by atoms with Gasteiger partial charge in [0, 0.05) is 0 Å². The van der Waals surface area contributed by atoms with Gasteiger partial charge in [0.15, 0.2) is 0 Å². The monoisotopic (exact) mass is 276 g/mol.